The standard InChI is InChI=1S/C20H19N5O2S/c1-28-11-10-16(18-21-14-8-4-5-9-15(14)22-18)23-20(27)17-12-6-2-3-7-13(12)19(26)25-24-17/h2-9,16H,10-11H2,1H3,(H,21,22)(H,23,27)(H,25,26). The van der Waals surface area contributed by atoms with Crippen LogP contribution in [0, 0.1) is 0 Å². The number of hydrogen-bond donors (Lipinski definition) is 3. The Morgan fingerprint density at radius 1 is 1.14 bits per heavy atom. The minimum Gasteiger partial charge on any atom is -0.341 e. The second-order valence-electron chi connectivity index (χ2n) is 6.39. The Labute approximate surface area is 165 Å². The van der Waals surface area contributed by atoms with Crippen molar-refractivity contribution >= 4 is 39.5 Å². The predicted octanol–water partition coefficient (Wildman–Crippen LogP) is 3.02. The number of H-pyrrole nitrogens is 2. The van der Waals surface area contributed by atoms with Gasteiger partial charge in [-0.25, -0.2) is 10.1 Å². The fourth-order valence-electron chi connectivity index (χ4n) is 3.16. The Balaban J connectivity index is 1.68. The van der Waals surface area contributed by atoms with E-state index in [-0.39, 0.29) is 23.2 Å². The third-order valence-electron chi connectivity index (χ3n) is 4.56. The first-order valence-corrected chi connectivity index (χ1v) is 10.3. The number of nitrogens with one attached hydrogen (secondary N) is 3. The Morgan fingerprint density at radius 3 is 2.68 bits per heavy atom. The molecule has 7 nitrogen and oxygen atoms in total. The molecule has 4 aromatic rings. The molecule has 142 valence electrons. The summed E-state index contributed by atoms with van der Waals surface area (Å²) in [6.45, 7) is 0. The molecule has 3 N–H and O–H groups in total. The van der Waals surface area contributed by atoms with Crippen molar-refractivity contribution in [1.82, 2.24) is 25.5 Å². The van der Waals surface area contributed by atoms with E-state index in [9.17, 15) is 9.59 Å². The summed E-state index contributed by atoms with van der Waals surface area (Å²) in [7, 11) is 0. The van der Waals surface area contributed by atoms with Crippen molar-refractivity contribution in [3.8, 4) is 0 Å². The number of thioether (sulfide) groups is 1. The van der Waals surface area contributed by atoms with E-state index in [4.69, 9.17) is 0 Å². The van der Waals surface area contributed by atoms with Crippen LogP contribution < -0.4 is 10.9 Å². The number of imidazole rings is 1. The summed E-state index contributed by atoms with van der Waals surface area (Å²) in [5.74, 6) is 1.22. The Hall–Kier alpha value is -3.13. The molecule has 28 heavy (non-hydrogen) atoms. The van der Waals surface area contributed by atoms with Gasteiger partial charge < -0.3 is 10.3 Å². The summed E-state index contributed by atoms with van der Waals surface area (Å²) in [5, 5.41) is 10.4. The van der Waals surface area contributed by atoms with Crippen LogP contribution in [0.4, 0.5) is 0 Å². The molecule has 0 aliphatic heterocycles. The number of para-hydroxylation sites is 2. The molecular weight excluding hydrogens is 374 g/mol. The topological polar surface area (TPSA) is 104 Å². The maximum Gasteiger partial charge on any atom is 0.272 e. The maximum atomic E-state index is 13.0. The van der Waals surface area contributed by atoms with Gasteiger partial charge in [0.05, 0.1) is 22.5 Å². The largest absolute Gasteiger partial charge is 0.341 e. The van der Waals surface area contributed by atoms with Gasteiger partial charge in [0, 0.05) is 5.39 Å². The van der Waals surface area contributed by atoms with Gasteiger partial charge in [-0.2, -0.15) is 16.9 Å². The van der Waals surface area contributed by atoms with Crippen molar-refractivity contribution in [3.63, 3.8) is 0 Å². The van der Waals surface area contributed by atoms with E-state index in [2.05, 4.69) is 25.5 Å². The average molecular weight is 393 g/mol. The van der Waals surface area contributed by atoms with Crippen molar-refractivity contribution in [2.45, 2.75) is 12.5 Å². The second-order valence-corrected chi connectivity index (χ2v) is 7.38. The number of carbonyl (C=O) groups excluding carboxylic acids is 1. The number of fused-ring (bicyclic) bond motifs is 2. The lowest BCUT2D eigenvalue weighted by Gasteiger charge is -2.16. The van der Waals surface area contributed by atoms with Crippen LogP contribution in [0.5, 0.6) is 0 Å². The minimum absolute atomic E-state index is 0.195. The zero-order valence-electron chi connectivity index (χ0n) is 15.2. The molecule has 2 aromatic heterocycles. The van der Waals surface area contributed by atoms with E-state index in [1.807, 2.05) is 30.5 Å². The predicted molar refractivity (Wildman–Crippen MR) is 112 cm³/mol. The monoisotopic (exact) mass is 393 g/mol. The van der Waals surface area contributed by atoms with Crippen LogP contribution in [0.1, 0.15) is 28.8 Å². The molecule has 0 saturated heterocycles. The van der Waals surface area contributed by atoms with E-state index < -0.39 is 0 Å². The zero-order valence-corrected chi connectivity index (χ0v) is 16.0. The maximum absolute atomic E-state index is 13.0. The first-order valence-electron chi connectivity index (χ1n) is 8.89. The van der Waals surface area contributed by atoms with Crippen LogP contribution in [-0.4, -0.2) is 38.1 Å². The number of aromatic nitrogens is 4. The molecule has 0 radical (unpaired) electrons. The van der Waals surface area contributed by atoms with Crippen molar-refractivity contribution in [1.29, 1.82) is 0 Å². The molecule has 8 heteroatoms. The Bertz CT molecular complexity index is 1170. The fraction of sp³-hybridized carbons (Fsp3) is 0.200. The van der Waals surface area contributed by atoms with Gasteiger partial charge in [0.15, 0.2) is 5.69 Å². The molecule has 4 rings (SSSR count). The minimum atomic E-state index is -0.348. The number of rotatable bonds is 6. The molecule has 1 atom stereocenters. The lowest BCUT2D eigenvalue weighted by molar-refractivity contribution is 0.0930. The average Bonchev–Trinajstić information content (AvgIpc) is 3.15. The van der Waals surface area contributed by atoms with Crippen LogP contribution in [0.2, 0.25) is 0 Å². The van der Waals surface area contributed by atoms with Gasteiger partial charge in [-0.3, -0.25) is 9.59 Å². The van der Waals surface area contributed by atoms with Crippen molar-refractivity contribution in [3.05, 3.63) is 70.4 Å². The summed E-state index contributed by atoms with van der Waals surface area (Å²) in [4.78, 5) is 32.9. The van der Waals surface area contributed by atoms with Gasteiger partial charge >= 0.3 is 0 Å². The van der Waals surface area contributed by atoms with Crippen LogP contribution in [0.3, 0.4) is 0 Å². The van der Waals surface area contributed by atoms with E-state index >= 15 is 0 Å². The quantitative estimate of drug-likeness (QED) is 0.467. The molecule has 0 fully saturated rings. The van der Waals surface area contributed by atoms with Gasteiger partial charge in [-0.05, 0) is 36.6 Å². The Morgan fingerprint density at radius 2 is 1.89 bits per heavy atom. The van der Waals surface area contributed by atoms with Crippen LogP contribution in [0.15, 0.2) is 53.3 Å². The summed E-state index contributed by atoms with van der Waals surface area (Å²) >= 11 is 1.70. The molecular formula is C20H19N5O2S. The van der Waals surface area contributed by atoms with Crippen LogP contribution in [-0.2, 0) is 0 Å². The molecule has 0 spiro atoms. The van der Waals surface area contributed by atoms with Crippen molar-refractivity contribution in [2.75, 3.05) is 12.0 Å². The highest BCUT2D eigenvalue weighted by Gasteiger charge is 2.21. The van der Waals surface area contributed by atoms with Crippen molar-refractivity contribution < 1.29 is 4.79 Å². The molecule has 2 aromatic carbocycles. The number of amides is 1. The number of aromatic amines is 2. The zero-order chi connectivity index (χ0) is 19.5. The smallest absolute Gasteiger partial charge is 0.272 e. The number of nitrogens with zero attached hydrogens (tertiary/aromatic N) is 2. The molecule has 0 aliphatic rings. The SMILES string of the molecule is CSCCC(NC(=O)c1n[nH]c(=O)c2ccccc12)c1nc2ccccc2[nH]1. The van der Waals surface area contributed by atoms with E-state index in [1.54, 1.807) is 36.0 Å². The molecule has 1 unspecified atom stereocenters. The van der Waals surface area contributed by atoms with Gasteiger partial charge in [0.25, 0.3) is 11.5 Å². The number of carbonyl (C=O) groups is 1. The van der Waals surface area contributed by atoms with Crippen LogP contribution >= 0.6 is 11.8 Å². The second kappa shape index (κ2) is 7.85. The summed E-state index contributed by atoms with van der Waals surface area (Å²) < 4.78 is 0. The lowest BCUT2D eigenvalue weighted by Crippen LogP contribution is -2.31. The molecule has 1 amide bonds. The molecule has 0 aliphatic carbocycles. The highest BCUT2D eigenvalue weighted by molar-refractivity contribution is 7.98. The van der Waals surface area contributed by atoms with E-state index in [1.165, 1.54) is 0 Å². The molecule has 2 heterocycles. The van der Waals surface area contributed by atoms with Gasteiger partial charge in [-0.15, -0.1) is 0 Å². The highest BCUT2D eigenvalue weighted by atomic mass is 32.2. The number of benzene rings is 2. The lowest BCUT2D eigenvalue weighted by atomic mass is 10.1. The summed E-state index contributed by atoms with van der Waals surface area (Å²) in [6.07, 6.45) is 2.74. The van der Waals surface area contributed by atoms with Crippen LogP contribution in [0.25, 0.3) is 21.8 Å². The third-order valence-corrected chi connectivity index (χ3v) is 5.21. The van der Waals surface area contributed by atoms with Crippen molar-refractivity contribution in [2.24, 2.45) is 0 Å². The Kier molecular flexibility index (Phi) is 5.12. The molecule has 0 bridgehead atoms. The fourth-order valence-corrected chi connectivity index (χ4v) is 3.64. The number of hydrogen-bond acceptors (Lipinski definition) is 5. The van der Waals surface area contributed by atoms with E-state index in [0.29, 0.717) is 23.0 Å². The van der Waals surface area contributed by atoms with Gasteiger partial charge in [-0.1, -0.05) is 30.3 Å². The highest BCUT2D eigenvalue weighted by Crippen LogP contribution is 2.21. The van der Waals surface area contributed by atoms with Gasteiger partial charge in [0.2, 0.25) is 0 Å². The first kappa shape index (κ1) is 18.2. The van der Waals surface area contributed by atoms with Gasteiger partial charge in [0.1, 0.15) is 5.82 Å². The third kappa shape index (κ3) is 3.50. The normalized spacial score (nSPS) is 12.3. The summed E-state index contributed by atoms with van der Waals surface area (Å²) in [6, 6.07) is 14.4. The first-order chi connectivity index (χ1) is 13.7. The van der Waals surface area contributed by atoms with E-state index in [0.717, 1.165) is 16.8 Å². The molecule has 0 saturated carbocycles. The summed E-state index contributed by atoms with van der Waals surface area (Å²) in [5.41, 5.74) is 1.66.